The van der Waals surface area contributed by atoms with Crippen LogP contribution in [-0.2, 0) is 10.0 Å². The number of sulfonamides is 1. The first kappa shape index (κ1) is 22.4. The SMILES string of the molecule is Cc1ccc(C(=O)NCCN(C)C)c(C2CCN(S(=O)(=O)c3ccccc3)CC2)n1. The molecule has 2 aromatic rings. The number of carbonyl (C=O) groups excluding carboxylic acids is 1. The van der Waals surface area contributed by atoms with E-state index in [1.165, 1.54) is 4.31 Å². The quantitative estimate of drug-likeness (QED) is 0.729. The smallest absolute Gasteiger partial charge is 0.253 e. The lowest BCUT2D eigenvalue weighted by Gasteiger charge is -2.31. The van der Waals surface area contributed by atoms with Gasteiger partial charge < -0.3 is 10.2 Å². The van der Waals surface area contributed by atoms with Gasteiger partial charge in [-0.3, -0.25) is 9.78 Å². The molecule has 1 aromatic carbocycles. The standard InChI is InChI=1S/C22H30N4O3S/c1-17-9-10-20(22(27)23-13-16-25(2)3)21(24-17)18-11-14-26(15-12-18)30(28,29)19-7-5-4-6-8-19/h4-10,18H,11-16H2,1-3H3,(H,23,27). The van der Waals surface area contributed by atoms with Crippen LogP contribution in [0.25, 0.3) is 0 Å². The number of piperidine rings is 1. The Bertz CT molecular complexity index is 969. The number of hydrogen-bond donors (Lipinski definition) is 1. The number of amides is 1. The summed E-state index contributed by atoms with van der Waals surface area (Å²) in [4.78, 5) is 19.7. The van der Waals surface area contributed by atoms with Crippen LogP contribution in [0.5, 0.6) is 0 Å². The maximum atomic E-state index is 12.9. The van der Waals surface area contributed by atoms with Gasteiger partial charge in [0.15, 0.2) is 0 Å². The number of carbonyl (C=O) groups is 1. The highest BCUT2D eigenvalue weighted by molar-refractivity contribution is 7.89. The van der Waals surface area contributed by atoms with Gasteiger partial charge in [0.25, 0.3) is 5.91 Å². The van der Waals surface area contributed by atoms with Crippen LogP contribution in [0.3, 0.4) is 0 Å². The van der Waals surface area contributed by atoms with E-state index in [1.807, 2.05) is 38.1 Å². The largest absolute Gasteiger partial charge is 0.351 e. The molecule has 3 rings (SSSR count). The van der Waals surface area contributed by atoms with E-state index < -0.39 is 10.0 Å². The van der Waals surface area contributed by atoms with Crippen LogP contribution in [-0.4, -0.2) is 68.8 Å². The first-order valence-corrected chi connectivity index (χ1v) is 11.7. The van der Waals surface area contributed by atoms with Crippen molar-refractivity contribution in [3.8, 4) is 0 Å². The molecule has 1 N–H and O–H groups in total. The van der Waals surface area contributed by atoms with E-state index in [0.29, 0.717) is 42.9 Å². The average molecular weight is 431 g/mol. The van der Waals surface area contributed by atoms with Crippen LogP contribution in [0.4, 0.5) is 0 Å². The topological polar surface area (TPSA) is 82.6 Å². The zero-order valence-corrected chi connectivity index (χ0v) is 18.7. The number of aromatic nitrogens is 1. The van der Waals surface area contributed by atoms with E-state index in [-0.39, 0.29) is 11.8 Å². The highest BCUT2D eigenvalue weighted by Gasteiger charge is 2.32. The molecule has 30 heavy (non-hydrogen) atoms. The maximum Gasteiger partial charge on any atom is 0.253 e. The van der Waals surface area contributed by atoms with Gasteiger partial charge in [0, 0.05) is 37.8 Å². The lowest BCUT2D eigenvalue weighted by atomic mass is 9.90. The molecule has 1 aromatic heterocycles. The fourth-order valence-corrected chi connectivity index (χ4v) is 5.17. The van der Waals surface area contributed by atoms with Crippen molar-refractivity contribution < 1.29 is 13.2 Å². The van der Waals surface area contributed by atoms with Gasteiger partial charge in [-0.1, -0.05) is 18.2 Å². The van der Waals surface area contributed by atoms with E-state index in [2.05, 4.69) is 10.3 Å². The Balaban J connectivity index is 1.72. The Hall–Kier alpha value is -2.29. The molecule has 1 aliphatic rings. The Morgan fingerprint density at radius 2 is 1.80 bits per heavy atom. The van der Waals surface area contributed by atoms with Crippen molar-refractivity contribution in [3.05, 3.63) is 59.4 Å². The van der Waals surface area contributed by atoms with Crippen molar-refractivity contribution in [2.24, 2.45) is 0 Å². The van der Waals surface area contributed by atoms with Crippen molar-refractivity contribution in [1.29, 1.82) is 0 Å². The van der Waals surface area contributed by atoms with Crippen molar-refractivity contribution in [2.75, 3.05) is 40.3 Å². The minimum absolute atomic E-state index is 0.0572. The summed E-state index contributed by atoms with van der Waals surface area (Å²) in [5.74, 6) is -0.0691. The lowest BCUT2D eigenvalue weighted by Crippen LogP contribution is -2.38. The first-order chi connectivity index (χ1) is 14.3. The Labute approximate surface area is 179 Å². The molecule has 0 saturated carbocycles. The lowest BCUT2D eigenvalue weighted by molar-refractivity contribution is 0.0948. The molecule has 1 aliphatic heterocycles. The summed E-state index contributed by atoms with van der Waals surface area (Å²) < 4.78 is 27.3. The second-order valence-electron chi connectivity index (χ2n) is 7.94. The number of pyridine rings is 1. The van der Waals surface area contributed by atoms with E-state index in [9.17, 15) is 13.2 Å². The second-order valence-corrected chi connectivity index (χ2v) is 9.87. The number of hydrogen-bond acceptors (Lipinski definition) is 5. The van der Waals surface area contributed by atoms with Crippen LogP contribution in [0.15, 0.2) is 47.4 Å². The van der Waals surface area contributed by atoms with Gasteiger partial charge in [0.05, 0.1) is 16.2 Å². The Morgan fingerprint density at radius 3 is 2.43 bits per heavy atom. The van der Waals surface area contributed by atoms with Crippen molar-refractivity contribution in [2.45, 2.75) is 30.6 Å². The first-order valence-electron chi connectivity index (χ1n) is 10.2. The molecule has 0 aliphatic carbocycles. The summed E-state index contributed by atoms with van der Waals surface area (Å²) in [5.41, 5.74) is 2.21. The van der Waals surface area contributed by atoms with Crippen LogP contribution < -0.4 is 5.32 Å². The van der Waals surface area contributed by atoms with Gasteiger partial charge in [0.2, 0.25) is 10.0 Å². The second kappa shape index (κ2) is 9.68. The molecule has 0 atom stereocenters. The predicted octanol–water partition coefficient (Wildman–Crippen LogP) is 2.25. The fourth-order valence-electron chi connectivity index (χ4n) is 3.68. The van der Waals surface area contributed by atoms with E-state index >= 15 is 0 Å². The summed E-state index contributed by atoms with van der Waals surface area (Å²) >= 11 is 0. The number of nitrogens with zero attached hydrogens (tertiary/aromatic N) is 3. The van der Waals surface area contributed by atoms with E-state index in [0.717, 1.165) is 17.9 Å². The third-order valence-corrected chi connectivity index (χ3v) is 7.29. The molecule has 2 heterocycles. The zero-order chi connectivity index (χ0) is 21.7. The van der Waals surface area contributed by atoms with Crippen molar-refractivity contribution >= 4 is 15.9 Å². The number of aryl methyl sites for hydroxylation is 1. The minimum atomic E-state index is -3.49. The molecule has 1 fully saturated rings. The highest BCUT2D eigenvalue weighted by atomic mass is 32.2. The van der Waals surface area contributed by atoms with Gasteiger partial charge in [-0.25, -0.2) is 8.42 Å². The van der Waals surface area contributed by atoms with Gasteiger partial charge in [-0.05, 0) is 58.1 Å². The molecule has 1 amide bonds. The monoisotopic (exact) mass is 430 g/mol. The minimum Gasteiger partial charge on any atom is -0.351 e. The molecule has 7 nitrogen and oxygen atoms in total. The summed E-state index contributed by atoms with van der Waals surface area (Å²) in [6, 6.07) is 12.2. The molecule has 1 saturated heterocycles. The summed E-state index contributed by atoms with van der Waals surface area (Å²) in [6.45, 7) is 4.06. The van der Waals surface area contributed by atoms with Gasteiger partial charge >= 0.3 is 0 Å². The highest BCUT2D eigenvalue weighted by Crippen LogP contribution is 2.31. The maximum absolute atomic E-state index is 12.9. The van der Waals surface area contributed by atoms with Gasteiger partial charge in [-0.15, -0.1) is 0 Å². The third kappa shape index (κ3) is 5.24. The normalized spacial score (nSPS) is 16.0. The van der Waals surface area contributed by atoms with Crippen LogP contribution in [0.2, 0.25) is 0 Å². The van der Waals surface area contributed by atoms with Gasteiger partial charge in [0.1, 0.15) is 0 Å². The van der Waals surface area contributed by atoms with Crippen LogP contribution in [0, 0.1) is 6.92 Å². The number of benzene rings is 1. The van der Waals surface area contributed by atoms with Crippen molar-refractivity contribution in [1.82, 2.24) is 19.5 Å². The summed E-state index contributed by atoms with van der Waals surface area (Å²) in [5, 5.41) is 2.96. The Morgan fingerprint density at radius 1 is 1.13 bits per heavy atom. The van der Waals surface area contributed by atoms with E-state index in [1.54, 1.807) is 30.3 Å². The summed E-state index contributed by atoms with van der Waals surface area (Å²) in [7, 11) is 0.428. The fraction of sp³-hybridized carbons (Fsp3) is 0.455. The molecule has 8 heteroatoms. The third-order valence-electron chi connectivity index (χ3n) is 5.37. The predicted molar refractivity (Wildman–Crippen MR) is 117 cm³/mol. The van der Waals surface area contributed by atoms with E-state index in [4.69, 9.17) is 0 Å². The number of likely N-dealkylation sites (N-methyl/N-ethyl adjacent to an activating group) is 1. The van der Waals surface area contributed by atoms with Crippen LogP contribution >= 0.6 is 0 Å². The average Bonchev–Trinajstić information content (AvgIpc) is 2.74. The van der Waals surface area contributed by atoms with Gasteiger partial charge in [-0.2, -0.15) is 4.31 Å². The molecule has 0 spiro atoms. The molecule has 162 valence electrons. The number of rotatable bonds is 7. The molecule has 0 unspecified atom stereocenters. The molecule has 0 radical (unpaired) electrons. The molecular formula is C22H30N4O3S. The molecule has 0 bridgehead atoms. The number of nitrogens with one attached hydrogen (secondary N) is 1. The summed E-state index contributed by atoms with van der Waals surface area (Å²) in [6.07, 6.45) is 1.28. The zero-order valence-electron chi connectivity index (χ0n) is 17.8. The molecular weight excluding hydrogens is 400 g/mol. The van der Waals surface area contributed by atoms with Crippen LogP contribution in [0.1, 0.15) is 40.5 Å². The van der Waals surface area contributed by atoms with Crippen molar-refractivity contribution in [3.63, 3.8) is 0 Å². The Kier molecular flexibility index (Phi) is 7.23.